The highest BCUT2D eigenvalue weighted by atomic mass is 16.5. The monoisotopic (exact) mass is 482 g/mol. The first-order chi connectivity index (χ1) is 16.9. The minimum Gasteiger partial charge on any atom is -0.496 e. The topological polar surface area (TPSA) is 109 Å². The number of nitrogens with one attached hydrogen (secondary N) is 3. The molecule has 1 atom stereocenters. The molecule has 0 radical (unpaired) electrons. The van der Waals surface area contributed by atoms with Crippen LogP contribution >= 0.6 is 0 Å². The summed E-state index contributed by atoms with van der Waals surface area (Å²) >= 11 is 0. The second-order valence-electron chi connectivity index (χ2n) is 8.43. The number of methoxy groups -OCH3 is 1. The molecule has 0 spiro atoms. The second-order valence-corrected chi connectivity index (χ2v) is 8.43. The van der Waals surface area contributed by atoms with Crippen molar-refractivity contribution < 1.29 is 23.9 Å². The van der Waals surface area contributed by atoms with Crippen LogP contribution < -0.4 is 25.4 Å². The third kappa shape index (κ3) is 7.63. The highest BCUT2D eigenvalue weighted by molar-refractivity contribution is 5.89. The smallest absolute Gasteiger partial charge is 0.321 e. The molecule has 0 bridgehead atoms. The number of hydrogen-bond acceptors (Lipinski definition) is 5. The molecule has 3 N–H and O–H groups in total. The van der Waals surface area contributed by atoms with Crippen LogP contribution in [-0.2, 0) is 16.0 Å². The summed E-state index contributed by atoms with van der Waals surface area (Å²) in [4.78, 5) is 39.1. The van der Waals surface area contributed by atoms with Crippen molar-refractivity contribution in [2.24, 2.45) is 0 Å². The lowest BCUT2D eigenvalue weighted by atomic mass is 10.0. The van der Waals surface area contributed by atoms with Crippen molar-refractivity contribution in [1.82, 2.24) is 15.5 Å². The Hall–Kier alpha value is -3.75. The van der Waals surface area contributed by atoms with Crippen LogP contribution in [0.25, 0.3) is 0 Å². The molecule has 0 aliphatic carbocycles. The predicted octanol–water partition coefficient (Wildman–Crippen LogP) is 2.95. The number of hydrogen-bond donors (Lipinski definition) is 3. The fourth-order valence-corrected chi connectivity index (χ4v) is 4.08. The van der Waals surface area contributed by atoms with Gasteiger partial charge in [0.15, 0.2) is 0 Å². The molecule has 1 fully saturated rings. The first-order valence-corrected chi connectivity index (χ1v) is 11.9. The molecule has 9 heteroatoms. The van der Waals surface area contributed by atoms with E-state index in [1.165, 1.54) is 6.92 Å². The zero-order valence-electron chi connectivity index (χ0n) is 20.5. The van der Waals surface area contributed by atoms with Crippen molar-refractivity contribution in [1.29, 1.82) is 0 Å². The van der Waals surface area contributed by atoms with Crippen LogP contribution in [0.15, 0.2) is 48.5 Å². The molecule has 1 aliphatic rings. The maximum Gasteiger partial charge on any atom is 0.321 e. The zero-order valence-corrected chi connectivity index (χ0v) is 20.5. The first-order valence-electron chi connectivity index (χ1n) is 11.9. The maximum atomic E-state index is 13.0. The highest BCUT2D eigenvalue weighted by Crippen LogP contribution is 2.20. The number of amides is 4. The van der Waals surface area contributed by atoms with Gasteiger partial charge in [-0.2, -0.15) is 0 Å². The molecule has 4 amide bonds. The lowest BCUT2D eigenvalue weighted by molar-refractivity contribution is -0.128. The molecular weight excluding hydrogens is 448 g/mol. The lowest BCUT2D eigenvalue weighted by Crippen LogP contribution is -2.53. The van der Waals surface area contributed by atoms with Gasteiger partial charge in [0.25, 0.3) is 0 Å². The number of urea groups is 1. The molecule has 0 aromatic heterocycles. The average molecular weight is 483 g/mol. The van der Waals surface area contributed by atoms with E-state index in [0.717, 1.165) is 11.3 Å². The number of benzene rings is 2. The standard InChI is InChI=1S/C26H34N4O5/c1-4-35-22-11-9-20(10-12-22)29-26(33)30-15-13-21(14-16-30)28-25(32)23(27-18(2)31)17-19-7-5-6-8-24(19)34-3/h5-12,21,23H,4,13-17H2,1-3H3,(H,27,31)(H,28,32)(H,29,33)/t23-/m0/s1. The van der Waals surface area contributed by atoms with E-state index in [0.29, 0.717) is 50.4 Å². The maximum absolute atomic E-state index is 13.0. The summed E-state index contributed by atoms with van der Waals surface area (Å²) in [5.41, 5.74) is 1.54. The third-order valence-corrected chi connectivity index (χ3v) is 5.86. The SMILES string of the molecule is CCOc1ccc(NC(=O)N2CCC(NC(=O)[C@H](Cc3ccccc3OC)NC(C)=O)CC2)cc1. The van der Waals surface area contributed by atoms with Gasteiger partial charge < -0.3 is 30.3 Å². The summed E-state index contributed by atoms with van der Waals surface area (Å²) in [6, 6.07) is 13.7. The number of para-hydroxylation sites is 1. The van der Waals surface area contributed by atoms with Gasteiger partial charge in [0.2, 0.25) is 11.8 Å². The van der Waals surface area contributed by atoms with Crippen molar-refractivity contribution in [2.45, 2.75) is 45.2 Å². The highest BCUT2D eigenvalue weighted by Gasteiger charge is 2.27. The van der Waals surface area contributed by atoms with Gasteiger partial charge in [0.05, 0.1) is 13.7 Å². The second kappa shape index (κ2) is 12.6. The summed E-state index contributed by atoms with van der Waals surface area (Å²) < 4.78 is 10.8. The van der Waals surface area contributed by atoms with E-state index in [-0.39, 0.29) is 23.9 Å². The number of rotatable bonds is 9. The van der Waals surface area contributed by atoms with E-state index in [4.69, 9.17) is 9.47 Å². The largest absolute Gasteiger partial charge is 0.496 e. The Morgan fingerprint density at radius 1 is 1.06 bits per heavy atom. The van der Waals surface area contributed by atoms with Crippen LogP contribution in [0.3, 0.4) is 0 Å². The summed E-state index contributed by atoms with van der Waals surface area (Å²) in [6.07, 6.45) is 1.58. The van der Waals surface area contributed by atoms with Crippen LogP contribution in [0.4, 0.5) is 10.5 Å². The molecule has 188 valence electrons. The van der Waals surface area contributed by atoms with E-state index >= 15 is 0 Å². The number of anilines is 1. The minimum atomic E-state index is -0.718. The Labute approximate surface area is 206 Å². The number of piperidine rings is 1. The van der Waals surface area contributed by atoms with E-state index in [1.54, 1.807) is 24.1 Å². The van der Waals surface area contributed by atoms with E-state index in [1.807, 2.05) is 43.3 Å². The Balaban J connectivity index is 1.51. The minimum absolute atomic E-state index is 0.0778. The van der Waals surface area contributed by atoms with Gasteiger partial charge in [-0.05, 0) is 55.7 Å². The summed E-state index contributed by atoms with van der Waals surface area (Å²) in [5, 5.41) is 8.69. The molecule has 2 aromatic rings. The van der Waals surface area contributed by atoms with E-state index in [2.05, 4.69) is 16.0 Å². The molecule has 1 saturated heterocycles. The number of ether oxygens (including phenoxy) is 2. The van der Waals surface area contributed by atoms with Gasteiger partial charge in [0, 0.05) is 38.2 Å². The molecule has 2 aromatic carbocycles. The Morgan fingerprint density at radius 2 is 1.74 bits per heavy atom. The van der Waals surface area contributed by atoms with E-state index in [9.17, 15) is 14.4 Å². The molecule has 1 aliphatic heterocycles. The lowest BCUT2D eigenvalue weighted by Gasteiger charge is -2.33. The Morgan fingerprint density at radius 3 is 2.37 bits per heavy atom. The van der Waals surface area contributed by atoms with Crippen LogP contribution in [0, 0.1) is 0 Å². The number of carbonyl (C=O) groups excluding carboxylic acids is 3. The van der Waals surface area contributed by atoms with Gasteiger partial charge in [-0.1, -0.05) is 18.2 Å². The van der Waals surface area contributed by atoms with Crippen molar-refractivity contribution in [3.8, 4) is 11.5 Å². The van der Waals surface area contributed by atoms with Gasteiger partial charge in [-0.15, -0.1) is 0 Å². The first kappa shape index (κ1) is 25.9. The quantitative estimate of drug-likeness (QED) is 0.509. The van der Waals surface area contributed by atoms with Gasteiger partial charge >= 0.3 is 6.03 Å². The average Bonchev–Trinajstić information content (AvgIpc) is 2.85. The summed E-state index contributed by atoms with van der Waals surface area (Å²) in [6.45, 7) is 4.94. The predicted molar refractivity (Wildman–Crippen MR) is 134 cm³/mol. The van der Waals surface area contributed by atoms with Gasteiger partial charge in [-0.3, -0.25) is 9.59 Å². The fourth-order valence-electron chi connectivity index (χ4n) is 4.08. The van der Waals surface area contributed by atoms with Crippen LogP contribution in [0.1, 0.15) is 32.3 Å². The van der Waals surface area contributed by atoms with Gasteiger partial charge in [-0.25, -0.2) is 4.79 Å². The van der Waals surface area contributed by atoms with Crippen molar-refractivity contribution in [3.63, 3.8) is 0 Å². The van der Waals surface area contributed by atoms with Gasteiger partial charge in [0.1, 0.15) is 17.5 Å². The molecular formula is C26H34N4O5. The molecule has 1 heterocycles. The Kier molecular flexibility index (Phi) is 9.34. The third-order valence-electron chi connectivity index (χ3n) is 5.86. The number of nitrogens with zero attached hydrogens (tertiary/aromatic N) is 1. The van der Waals surface area contributed by atoms with Crippen LogP contribution in [0.2, 0.25) is 0 Å². The molecule has 9 nitrogen and oxygen atoms in total. The fraction of sp³-hybridized carbons (Fsp3) is 0.423. The van der Waals surface area contributed by atoms with Crippen LogP contribution in [0.5, 0.6) is 11.5 Å². The number of likely N-dealkylation sites (tertiary alicyclic amines) is 1. The number of carbonyl (C=O) groups is 3. The molecule has 3 rings (SSSR count). The summed E-state index contributed by atoms with van der Waals surface area (Å²) in [7, 11) is 1.58. The molecule has 0 saturated carbocycles. The van der Waals surface area contributed by atoms with Crippen LogP contribution in [-0.4, -0.2) is 61.6 Å². The van der Waals surface area contributed by atoms with Crippen molar-refractivity contribution in [2.75, 3.05) is 32.1 Å². The zero-order chi connectivity index (χ0) is 25.2. The van der Waals surface area contributed by atoms with E-state index < -0.39 is 6.04 Å². The normalized spacial score (nSPS) is 14.5. The Bertz CT molecular complexity index is 1000. The van der Waals surface area contributed by atoms with Crippen molar-refractivity contribution in [3.05, 3.63) is 54.1 Å². The summed E-state index contributed by atoms with van der Waals surface area (Å²) in [5.74, 6) is 0.900. The van der Waals surface area contributed by atoms with Crippen molar-refractivity contribution >= 4 is 23.5 Å². The molecule has 35 heavy (non-hydrogen) atoms. The molecule has 0 unspecified atom stereocenters.